The van der Waals surface area contributed by atoms with Crippen LogP contribution in [0.25, 0.3) is 11.2 Å². The number of imidazole rings is 1. The normalized spacial score (nSPS) is 19.5. The largest absolute Gasteiger partial charge is 0.365 e. The summed E-state index contributed by atoms with van der Waals surface area (Å²) in [5.41, 5.74) is 1.64. The Kier molecular flexibility index (Phi) is 3.07. The molecular weight excluding hydrogens is 234 g/mol. The summed E-state index contributed by atoms with van der Waals surface area (Å²) in [5, 5.41) is 3.24. The van der Waals surface area contributed by atoms with Crippen molar-refractivity contribution in [3.8, 4) is 0 Å². The Labute approximate surface area is 104 Å². The summed E-state index contributed by atoms with van der Waals surface area (Å²) in [7, 11) is 0. The van der Waals surface area contributed by atoms with E-state index in [1.165, 1.54) is 0 Å². The lowest BCUT2D eigenvalue weighted by molar-refractivity contribution is 0.0500. The third-order valence-corrected chi connectivity index (χ3v) is 2.93. The van der Waals surface area contributed by atoms with E-state index in [1.807, 2.05) is 4.57 Å². The predicted molar refractivity (Wildman–Crippen MR) is 65.2 cm³/mol. The number of fused-ring (bicyclic) bond motifs is 1. The van der Waals surface area contributed by atoms with Gasteiger partial charge in [0.2, 0.25) is 0 Å². The molecule has 1 aliphatic rings. The van der Waals surface area contributed by atoms with Crippen molar-refractivity contribution in [3.63, 3.8) is 0 Å². The average molecular weight is 249 g/mol. The molecule has 0 aromatic carbocycles. The first-order valence-electron chi connectivity index (χ1n) is 5.97. The summed E-state index contributed by atoms with van der Waals surface area (Å²) in [6, 6.07) is 0. The summed E-state index contributed by atoms with van der Waals surface area (Å²) < 4.78 is 12.5. The van der Waals surface area contributed by atoms with Crippen molar-refractivity contribution in [1.82, 2.24) is 19.5 Å². The van der Waals surface area contributed by atoms with Crippen LogP contribution in [0.5, 0.6) is 0 Å². The van der Waals surface area contributed by atoms with E-state index in [-0.39, 0.29) is 6.10 Å². The molecule has 7 heteroatoms. The van der Waals surface area contributed by atoms with Crippen LogP contribution in [0.1, 0.15) is 6.92 Å². The van der Waals surface area contributed by atoms with Gasteiger partial charge in [0.05, 0.1) is 12.9 Å². The first-order valence-corrected chi connectivity index (χ1v) is 5.97. The van der Waals surface area contributed by atoms with E-state index in [9.17, 15) is 0 Å². The van der Waals surface area contributed by atoms with Crippen molar-refractivity contribution in [2.75, 3.05) is 25.3 Å². The zero-order valence-corrected chi connectivity index (χ0v) is 10.2. The maximum atomic E-state index is 5.36. The highest BCUT2D eigenvalue weighted by molar-refractivity contribution is 5.82. The van der Waals surface area contributed by atoms with Gasteiger partial charge in [-0.1, -0.05) is 0 Å². The molecule has 0 amide bonds. The molecule has 1 atom stereocenters. The number of aromatic nitrogens is 4. The monoisotopic (exact) mass is 249 g/mol. The molecule has 2 aromatic rings. The van der Waals surface area contributed by atoms with E-state index in [2.05, 4.69) is 27.2 Å². The van der Waals surface area contributed by atoms with Crippen molar-refractivity contribution >= 4 is 17.0 Å². The minimum Gasteiger partial charge on any atom is -0.365 e. The molecule has 0 unspecified atom stereocenters. The first kappa shape index (κ1) is 11.4. The maximum Gasteiger partial charge on any atom is 0.165 e. The molecule has 96 valence electrons. The summed E-state index contributed by atoms with van der Waals surface area (Å²) in [6.07, 6.45) is 3.40. The topological polar surface area (TPSA) is 74.1 Å². The second kappa shape index (κ2) is 4.87. The van der Waals surface area contributed by atoms with E-state index in [0.717, 1.165) is 23.5 Å². The number of rotatable bonds is 4. The minimum atomic E-state index is 0.0725. The standard InChI is InChI=1S/C11H15N5O2/c1-2-16-6-15-9-10(13-5-14-11(9)16)12-3-8-4-17-7-18-8/h5-6,8H,2-4,7H2,1H3,(H,12,13,14)/t8-/m1/s1. The lowest BCUT2D eigenvalue weighted by Gasteiger charge is -2.09. The summed E-state index contributed by atoms with van der Waals surface area (Å²) in [6.45, 7) is 4.54. The highest BCUT2D eigenvalue weighted by atomic mass is 16.7. The third kappa shape index (κ3) is 2.02. The van der Waals surface area contributed by atoms with Gasteiger partial charge in [0, 0.05) is 13.1 Å². The molecule has 3 rings (SSSR count). The van der Waals surface area contributed by atoms with Gasteiger partial charge >= 0.3 is 0 Å². The van der Waals surface area contributed by atoms with Crippen LogP contribution in [0.3, 0.4) is 0 Å². The van der Waals surface area contributed by atoms with Gasteiger partial charge < -0.3 is 19.4 Å². The van der Waals surface area contributed by atoms with Gasteiger partial charge in [0.1, 0.15) is 24.7 Å². The molecule has 3 heterocycles. The maximum absolute atomic E-state index is 5.36. The Morgan fingerprint density at radius 2 is 2.39 bits per heavy atom. The Morgan fingerprint density at radius 3 is 3.17 bits per heavy atom. The van der Waals surface area contributed by atoms with Crippen molar-refractivity contribution in [3.05, 3.63) is 12.7 Å². The fraction of sp³-hybridized carbons (Fsp3) is 0.545. The highest BCUT2D eigenvalue weighted by Gasteiger charge is 2.17. The van der Waals surface area contributed by atoms with Crippen molar-refractivity contribution in [1.29, 1.82) is 0 Å². The fourth-order valence-corrected chi connectivity index (χ4v) is 1.94. The minimum absolute atomic E-state index is 0.0725. The molecule has 1 saturated heterocycles. The summed E-state index contributed by atoms with van der Waals surface area (Å²) >= 11 is 0. The molecule has 1 N–H and O–H groups in total. The number of aryl methyl sites for hydroxylation is 1. The van der Waals surface area contributed by atoms with E-state index in [4.69, 9.17) is 9.47 Å². The first-order chi connectivity index (χ1) is 8.88. The highest BCUT2D eigenvalue weighted by Crippen LogP contribution is 2.17. The van der Waals surface area contributed by atoms with Crippen molar-refractivity contribution in [2.24, 2.45) is 0 Å². The molecular formula is C11H15N5O2. The number of ether oxygens (including phenoxy) is 2. The van der Waals surface area contributed by atoms with E-state index in [1.54, 1.807) is 12.7 Å². The van der Waals surface area contributed by atoms with Gasteiger partial charge in [-0.15, -0.1) is 0 Å². The van der Waals surface area contributed by atoms with E-state index >= 15 is 0 Å². The molecule has 0 spiro atoms. The van der Waals surface area contributed by atoms with Gasteiger partial charge in [-0.3, -0.25) is 0 Å². The Balaban J connectivity index is 1.80. The molecule has 2 aromatic heterocycles. The zero-order valence-electron chi connectivity index (χ0n) is 10.2. The quantitative estimate of drug-likeness (QED) is 0.856. The molecule has 1 fully saturated rings. The van der Waals surface area contributed by atoms with Crippen LogP contribution >= 0.6 is 0 Å². The number of hydrogen-bond donors (Lipinski definition) is 1. The number of hydrogen-bond acceptors (Lipinski definition) is 6. The molecule has 0 aliphatic carbocycles. The third-order valence-electron chi connectivity index (χ3n) is 2.93. The van der Waals surface area contributed by atoms with Gasteiger partial charge in [-0.2, -0.15) is 0 Å². The molecule has 7 nitrogen and oxygen atoms in total. The van der Waals surface area contributed by atoms with E-state index in [0.29, 0.717) is 19.9 Å². The fourth-order valence-electron chi connectivity index (χ4n) is 1.94. The van der Waals surface area contributed by atoms with Crippen LogP contribution in [-0.4, -0.2) is 45.6 Å². The molecule has 0 saturated carbocycles. The van der Waals surface area contributed by atoms with Crippen molar-refractivity contribution < 1.29 is 9.47 Å². The predicted octanol–water partition coefficient (Wildman–Crippen LogP) is 0.631. The molecule has 18 heavy (non-hydrogen) atoms. The smallest absolute Gasteiger partial charge is 0.165 e. The average Bonchev–Trinajstić information content (AvgIpc) is 3.05. The van der Waals surface area contributed by atoms with Crippen LogP contribution in [0.15, 0.2) is 12.7 Å². The summed E-state index contributed by atoms with van der Waals surface area (Å²) in [4.78, 5) is 12.8. The molecule has 0 radical (unpaired) electrons. The molecule has 0 bridgehead atoms. The second-order valence-electron chi connectivity index (χ2n) is 4.08. The SMILES string of the molecule is CCn1cnc2c(NC[C@@H]3COCO3)ncnc21. The number of nitrogens with zero attached hydrogens (tertiary/aromatic N) is 4. The molecule has 1 aliphatic heterocycles. The zero-order chi connectivity index (χ0) is 12.4. The van der Waals surface area contributed by atoms with Crippen molar-refractivity contribution in [2.45, 2.75) is 19.6 Å². The van der Waals surface area contributed by atoms with Gasteiger partial charge in [-0.25, -0.2) is 15.0 Å². The van der Waals surface area contributed by atoms with Gasteiger partial charge in [-0.05, 0) is 6.92 Å². The Morgan fingerprint density at radius 1 is 1.44 bits per heavy atom. The van der Waals surface area contributed by atoms with Crippen LogP contribution in [-0.2, 0) is 16.0 Å². The van der Waals surface area contributed by atoms with Crippen LogP contribution in [0.2, 0.25) is 0 Å². The van der Waals surface area contributed by atoms with E-state index < -0.39 is 0 Å². The number of anilines is 1. The Hall–Kier alpha value is -1.73. The summed E-state index contributed by atoms with van der Waals surface area (Å²) in [5.74, 6) is 0.739. The van der Waals surface area contributed by atoms with Gasteiger partial charge in [0.15, 0.2) is 11.5 Å². The van der Waals surface area contributed by atoms with Crippen LogP contribution < -0.4 is 5.32 Å². The Bertz CT molecular complexity index is 535. The van der Waals surface area contributed by atoms with Gasteiger partial charge in [0.25, 0.3) is 0 Å². The van der Waals surface area contributed by atoms with Crippen LogP contribution in [0.4, 0.5) is 5.82 Å². The second-order valence-corrected chi connectivity index (χ2v) is 4.08. The lowest BCUT2D eigenvalue weighted by atomic mass is 10.3. The van der Waals surface area contributed by atoms with Crippen LogP contribution in [0, 0.1) is 0 Å². The number of nitrogens with one attached hydrogen (secondary N) is 1. The lowest BCUT2D eigenvalue weighted by Crippen LogP contribution is -2.22.